The summed E-state index contributed by atoms with van der Waals surface area (Å²) >= 11 is 1.19. The third-order valence-electron chi connectivity index (χ3n) is 5.55. The van der Waals surface area contributed by atoms with Crippen LogP contribution in [0, 0.1) is 0 Å². The molecular weight excluding hydrogens is 500 g/mol. The monoisotopic (exact) mass is 520 g/mol. The zero-order chi connectivity index (χ0) is 25.3. The predicted molar refractivity (Wildman–Crippen MR) is 136 cm³/mol. The summed E-state index contributed by atoms with van der Waals surface area (Å²) in [7, 11) is -3.76. The number of amides is 2. The van der Waals surface area contributed by atoms with E-state index in [4.69, 9.17) is 4.42 Å². The van der Waals surface area contributed by atoms with Crippen LogP contribution in [-0.2, 0) is 26.0 Å². The third-order valence-corrected chi connectivity index (χ3v) is 7.73. The van der Waals surface area contributed by atoms with Gasteiger partial charge in [-0.1, -0.05) is 31.2 Å². The Morgan fingerprint density at radius 3 is 2.50 bits per heavy atom. The number of rotatable bonds is 7. The van der Waals surface area contributed by atoms with Crippen LogP contribution in [0.5, 0.6) is 0 Å². The molecule has 11 heteroatoms. The number of hydrazine groups is 1. The van der Waals surface area contributed by atoms with E-state index in [0.717, 1.165) is 12.0 Å². The minimum absolute atomic E-state index is 0.0508. The number of sulfonamides is 1. The van der Waals surface area contributed by atoms with Crippen LogP contribution in [0.25, 0.3) is 17.2 Å². The number of nitrogens with zero attached hydrogens (tertiary/aromatic N) is 2. The Morgan fingerprint density at radius 1 is 1.08 bits per heavy atom. The van der Waals surface area contributed by atoms with E-state index in [1.54, 1.807) is 35.7 Å². The molecule has 0 spiro atoms. The second-order valence-corrected chi connectivity index (χ2v) is 10.4. The fourth-order valence-electron chi connectivity index (χ4n) is 3.62. The smallest absolute Gasteiger partial charge is 0.282 e. The van der Waals surface area contributed by atoms with Gasteiger partial charge in [-0.3, -0.25) is 19.7 Å². The Kier molecular flexibility index (Phi) is 6.17. The summed E-state index contributed by atoms with van der Waals surface area (Å²) in [5, 5.41) is 3.17. The molecule has 0 saturated carbocycles. The second-order valence-electron chi connectivity index (χ2n) is 7.86. The molecule has 36 heavy (non-hydrogen) atoms. The fourth-order valence-corrected chi connectivity index (χ4v) is 5.41. The van der Waals surface area contributed by atoms with Crippen molar-refractivity contribution in [1.29, 1.82) is 0 Å². The molecule has 0 unspecified atom stereocenters. The number of nitrogens with one attached hydrogen (secondary N) is 2. The first-order chi connectivity index (χ1) is 17.3. The largest absolute Gasteiger partial charge is 0.464 e. The minimum atomic E-state index is -3.76. The van der Waals surface area contributed by atoms with Gasteiger partial charge in [0.15, 0.2) is 5.13 Å². The van der Waals surface area contributed by atoms with Gasteiger partial charge in [-0.25, -0.2) is 18.4 Å². The van der Waals surface area contributed by atoms with E-state index in [-0.39, 0.29) is 15.6 Å². The van der Waals surface area contributed by atoms with Crippen molar-refractivity contribution < 1.29 is 22.4 Å². The summed E-state index contributed by atoms with van der Waals surface area (Å²) in [6, 6.07) is 15.3. The Morgan fingerprint density at radius 2 is 1.83 bits per heavy atom. The van der Waals surface area contributed by atoms with Crippen molar-refractivity contribution in [2.24, 2.45) is 0 Å². The maximum atomic E-state index is 12.9. The highest BCUT2D eigenvalue weighted by Crippen LogP contribution is 2.27. The molecule has 0 atom stereocenters. The van der Waals surface area contributed by atoms with Gasteiger partial charge in [0.05, 0.1) is 16.8 Å². The lowest BCUT2D eigenvalue weighted by atomic mass is 10.1. The summed E-state index contributed by atoms with van der Waals surface area (Å²) in [4.78, 5) is 29.4. The van der Waals surface area contributed by atoms with Gasteiger partial charge in [0.1, 0.15) is 11.3 Å². The first-order valence-corrected chi connectivity index (χ1v) is 13.3. The molecule has 0 radical (unpaired) electrons. The van der Waals surface area contributed by atoms with Crippen LogP contribution in [0.3, 0.4) is 0 Å². The van der Waals surface area contributed by atoms with Crippen LogP contribution in [0.1, 0.15) is 18.2 Å². The Balaban J connectivity index is 1.33. The number of aryl methyl sites for hydroxylation is 1. The fraction of sp³-hybridized carbons (Fsp3) is 0.0800. The second kappa shape index (κ2) is 9.44. The molecular formula is C25H20N4O5S2. The minimum Gasteiger partial charge on any atom is -0.464 e. The molecule has 5 rings (SSSR count). The standard InChI is InChI=1S/C25H20N4O5S2/c1-2-16-3-7-19(8-4-16)29-24(31)22(23(30)27-29)14-20-13-18(15-34-20)17-5-9-21(10-6-17)36(32,33)28-25-26-11-12-35-25/h3-15H,2H2,1H3,(H,26,28)(H,27,30)/b22-14+. The molecule has 9 nitrogen and oxygen atoms in total. The zero-order valence-electron chi connectivity index (χ0n) is 19.0. The molecule has 0 aliphatic carbocycles. The average molecular weight is 521 g/mol. The van der Waals surface area contributed by atoms with Crippen LogP contribution >= 0.6 is 11.3 Å². The number of thiazole rings is 1. The van der Waals surface area contributed by atoms with Gasteiger partial charge < -0.3 is 4.42 Å². The van der Waals surface area contributed by atoms with Crippen molar-refractivity contribution in [1.82, 2.24) is 10.4 Å². The molecule has 4 aromatic rings. The maximum absolute atomic E-state index is 12.9. The Bertz CT molecular complexity index is 1560. The van der Waals surface area contributed by atoms with E-state index >= 15 is 0 Å². The normalized spacial score (nSPS) is 14.9. The summed E-state index contributed by atoms with van der Waals surface area (Å²) in [5.74, 6) is -0.696. The summed E-state index contributed by atoms with van der Waals surface area (Å²) in [6.45, 7) is 2.04. The number of hydrogen-bond donors (Lipinski definition) is 2. The lowest BCUT2D eigenvalue weighted by molar-refractivity contribution is -0.117. The topological polar surface area (TPSA) is 122 Å². The predicted octanol–water partition coefficient (Wildman–Crippen LogP) is 4.23. The molecule has 0 bridgehead atoms. The van der Waals surface area contributed by atoms with E-state index in [1.807, 2.05) is 19.1 Å². The van der Waals surface area contributed by atoms with E-state index in [0.29, 0.717) is 22.6 Å². The number of aromatic nitrogens is 1. The first-order valence-electron chi connectivity index (χ1n) is 10.9. The number of benzene rings is 2. The van der Waals surface area contributed by atoms with Crippen molar-refractivity contribution in [3.8, 4) is 11.1 Å². The number of furan rings is 1. The van der Waals surface area contributed by atoms with Gasteiger partial charge in [0, 0.05) is 17.1 Å². The summed E-state index contributed by atoms with van der Waals surface area (Å²) in [6.07, 6.45) is 5.25. The Hall–Kier alpha value is -4.22. The summed E-state index contributed by atoms with van der Waals surface area (Å²) < 4.78 is 33.0. The SMILES string of the molecule is CCc1ccc(N2NC(=O)/C(=C\c3cc(-c4ccc(S(=O)(=O)Nc5nccs5)cc4)co3)C2=O)cc1. The van der Waals surface area contributed by atoms with E-state index < -0.39 is 21.8 Å². The van der Waals surface area contributed by atoms with E-state index in [9.17, 15) is 18.0 Å². The van der Waals surface area contributed by atoms with Crippen LogP contribution < -0.4 is 15.2 Å². The number of carbonyl (C=O) groups excluding carboxylic acids is 2. The van der Waals surface area contributed by atoms with Crippen LogP contribution in [0.2, 0.25) is 0 Å². The molecule has 2 aromatic heterocycles. The van der Waals surface area contributed by atoms with Gasteiger partial charge in [0.2, 0.25) is 0 Å². The summed E-state index contributed by atoms with van der Waals surface area (Å²) in [5.41, 5.74) is 5.57. The number of hydrogen-bond acceptors (Lipinski definition) is 7. The maximum Gasteiger partial charge on any atom is 0.282 e. The molecule has 3 heterocycles. The van der Waals surface area contributed by atoms with Crippen molar-refractivity contribution in [3.05, 3.63) is 89.3 Å². The van der Waals surface area contributed by atoms with Crippen molar-refractivity contribution in [3.63, 3.8) is 0 Å². The molecule has 1 aliphatic rings. The third kappa shape index (κ3) is 4.66. The average Bonchev–Trinajstić information content (AvgIpc) is 3.62. The molecule has 2 aromatic carbocycles. The molecule has 1 fully saturated rings. The highest BCUT2D eigenvalue weighted by molar-refractivity contribution is 7.93. The Labute approximate surface area is 211 Å². The molecule has 2 N–H and O–H groups in total. The molecule has 2 amide bonds. The molecule has 182 valence electrons. The number of carbonyl (C=O) groups is 2. The van der Waals surface area contributed by atoms with Gasteiger partial charge in [0.25, 0.3) is 21.8 Å². The van der Waals surface area contributed by atoms with Gasteiger partial charge in [-0.15, -0.1) is 11.3 Å². The lowest BCUT2D eigenvalue weighted by Gasteiger charge is -2.14. The van der Waals surface area contributed by atoms with Crippen LogP contribution in [0.15, 0.2) is 87.3 Å². The van der Waals surface area contributed by atoms with Gasteiger partial charge in [-0.05, 0) is 54.0 Å². The van der Waals surface area contributed by atoms with Crippen molar-refractivity contribution >= 4 is 50.1 Å². The van der Waals surface area contributed by atoms with Gasteiger partial charge >= 0.3 is 0 Å². The molecule has 1 saturated heterocycles. The highest BCUT2D eigenvalue weighted by Gasteiger charge is 2.34. The lowest BCUT2D eigenvalue weighted by Crippen LogP contribution is -2.35. The highest BCUT2D eigenvalue weighted by atomic mass is 32.2. The number of anilines is 2. The molecule has 1 aliphatic heterocycles. The first kappa shape index (κ1) is 23.5. The van der Waals surface area contributed by atoms with Crippen molar-refractivity contribution in [2.45, 2.75) is 18.2 Å². The quantitative estimate of drug-likeness (QED) is 0.278. The van der Waals surface area contributed by atoms with E-state index in [2.05, 4.69) is 15.1 Å². The van der Waals surface area contributed by atoms with Crippen LogP contribution in [-0.4, -0.2) is 25.2 Å². The van der Waals surface area contributed by atoms with Crippen molar-refractivity contribution in [2.75, 3.05) is 9.73 Å². The van der Waals surface area contributed by atoms with Crippen LogP contribution in [0.4, 0.5) is 10.8 Å². The van der Waals surface area contributed by atoms with Gasteiger partial charge in [-0.2, -0.15) is 0 Å². The zero-order valence-corrected chi connectivity index (χ0v) is 20.6. The van der Waals surface area contributed by atoms with E-state index in [1.165, 1.54) is 47.0 Å².